The van der Waals surface area contributed by atoms with Crippen molar-refractivity contribution in [3.63, 3.8) is 0 Å². The van der Waals surface area contributed by atoms with Crippen LogP contribution in [0.1, 0.15) is 31.9 Å². The number of benzene rings is 1. The molecular weight excluding hydrogens is 391 g/mol. The lowest BCUT2D eigenvalue weighted by molar-refractivity contribution is -0.165. The smallest absolute Gasteiger partial charge is 0.314 e. The highest BCUT2D eigenvalue weighted by Crippen LogP contribution is 2.69. The maximum Gasteiger partial charge on any atom is 0.314 e. The molecule has 1 spiro atoms. The number of halogens is 1. The predicted molar refractivity (Wildman–Crippen MR) is 99.8 cm³/mol. The van der Waals surface area contributed by atoms with Crippen molar-refractivity contribution in [1.29, 1.82) is 0 Å². The molecule has 4 saturated heterocycles. The Morgan fingerprint density at radius 3 is 2.41 bits per heavy atom. The molecule has 27 heavy (non-hydrogen) atoms. The number of carbonyl (C=O) groups is 3. The van der Waals surface area contributed by atoms with E-state index in [1.165, 1.54) is 45.7 Å². The summed E-state index contributed by atoms with van der Waals surface area (Å²) in [6.45, 7) is 3.42. The van der Waals surface area contributed by atoms with Crippen molar-refractivity contribution in [2.45, 2.75) is 36.1 Å². The lowest BCUT2D eigenvalue weighted by Gasteiger charge is -2.57. The average molecular weight is 410 g/mol. The SMILES string of the molecule is COC(=O)[C@@]1(C)C[C@@]23SS[C@@](C)(C(=O)N2[C@H]1c1ccc(F)cc1)N(C)C3=O. The number of likely N-dealkylation sites (N-methyl/N-ethyl adjacent to an activating group) is 1. The van der Waals surface area contributed by atoms with Crippen molar-refractivity contribution in [3.05, 3.63) is 35.6 Å². The maximum atomic E-state index is 13.5. The number of fused-ring (bicyclic) bond motifs is 2. The summed E-state index contributed by atoms with van der Waals surface area (Å²) in [5.41, 5.74) is -0.534. The average Bonchev–Trinajstić information content (AvgIpc) is 2.94. The Morgan fingerprint density at radius 1 is 1.19 bits per heavy atom. The number of carbonyl (C=O) groups excluding carboxylic acids is 3. The lowest BCUT2D eigenvalue weighted by atomic mass is 9.78. The molecule has 4 heterocycles. The van der Waals surface area contributed by atoms with E-state index in [0.29, 0.717) is 5.56 Å². The number of ether oxygens (including phenoxy) is 1. The zero-order chi connectivity index (χ0) is 19.8. The Balaban J connectivity index is 1.95. The Labute approximate surface area is 164 Å². The van der Waals surface area contributed by atoms with Crippen LogP contribution in [0.25, 0.3) is 0 Å². The monoisotopic (exact) mass is 410 g/mol. The van der Waals surface area contributed by atoms with Crippen LogP contribution in [0.4, 0.5) is 4.39 Å². The van der Waals surface area contributed by atoms with E-state index in [4.69, 9.17) is 4.74 Å². The number of piperazine rings is 1. The van der Waals surface area contributed by atoms with Gasteiger partial charge in [0, 0.05) is 13.5 Å². The molecule has 6 nitrogen and oxygen atoms in total. The first-order chi connectivity index (χ1) is 12.6. The summed E-state index contributed by atoms with van der Waals surface area (Å²) >= 11 is 0. The first-order valence-electron chi connectivity index (χ1n) is 8.44. The molecular formula is C18H19FN2O4S2. The molecule has 0 unspecified atom stereocenters. The minimum Gasteiger partial charge on any atom is -0.469 e. The van der Waals surface area contributed by atoms with Gasteiger partial charge in [0.1, 0.15) is 5.82 Å². The summed E-state index contributed by atoms with van der Waals surface area (Å²) < 4.78 is 18.5. The Morgan fingerprint density at radius 2 is 1.81 bits per heavy atom. The Bertz CT molecular complexity index is 865. The van der Waals surface area contributed by atoms with Crippen LogP contribution in [0.15, 0.2) is 24.3 Å². The molecule has 2 amide bonds. The van der Waals surface area contributed by atoms with Crippen molar-refractivity contribution in [3.8, 4) is 0 Å². The van der Waals surface area contributed by atoms with Gasteiger partial charge >= 0.3 is 5.97 Å². The van der Waals surface area contributed by atoms with Gasteiger partial charge in [0.15, 0.2) is 9.74 Å². The molecule has 0 aromatic heterocycles. The fourth-order valence-corrected chi connectivity index (χ4v) is 7.96. The number of rotatable bonds is 2. The molecule has 5 rings (SSSR count). The first kappa shape index (κ1) is 18.6. The molecule has 4 fully saturated rings. The topological polar surface area (TPSA) is 66.9 Å². The van der Waals surface area contributed by atoms with Crippen LogP contribution in [0.3, 0.4) is 0 Å². The molecule has 0 saturated carbocycles. The zero-order valence-corrected chi connectivity index (χ0v) is 16.9. The summed E-state index contributed by atoms with van der Waals surface area (Å²) in [5.74, 6) is -1.34. The third-order valence-corrected chi connectivity index (χ3v) is 9.63. The number of methoxy groups -OCH3 is 1. The van der Waals surface area contributed by atoms with Gasteiger partial charge < -0.3 is 14.5 Å². The highest BCUT2D eigenvalue weighted by Gasteiger charge is 2.76. The molecule has 0 N–H and O–H groups in total. The van der Waals surface area contributed by atoms with Gasteiger partial charge in [-0.25, -0.2) is 4.39 Å². The largest absolute Gasteiger partial charge is 0.469 e. The standard InChI is InChI=1S/C18H19FN2O4S2/c1-16(15(24)25-4)9-18-14(23)20(3)17(2,26-27-18)13(22)21(18)12(16)10-5-7-11(19)8-6-10/h5-8,12H,9H2,1-4H3/t12-,16-,17-,18-/m0/s1. The van der Waals surface area contributed by atoms with Gasteiger partial charge in [0.25, 0.3) is 11.8 Å². The molecule has 9 heteroatoms. The third kappa shape index (κ3) is 2.12. The molecule has 2 bridgehead atoms. The summed E-state index contributed by atoms with van der Waals surface area (Å²) in [7, 11) is 5.58. The second-order valence-corrected chi connectivity index (χ2v) is 10.3. The van der Waals surface area contributed by atoms with Crippen LogP contribution in [-0.4, -0.2) is 51.5 Å². The van der Waals surface area contributed by atoms with E-state index >= 15 is 0 Å². The van der Waals surface area contributed by atoms with Gasteiger partial charge in [-0.05, 0) is 31.5 Å². The highest BCUT2D eigenvalue weighted by atomic mass is 33.1. The van der Waals surface area contributed by atoms with Gasteiger partial charge in [-0.1, -0.05) is 33.7 Å². The van der Waals surface area contributed by atoms with Crippen molar-refractivity contribution in [2.24, 2.45) is 5.41 Å². The molecule has 0 radical (unpaired) electrons. The Kier molecular flexibility index (Phi) is 3.89. The maximum absolute atomic E-state index is 13.5. The van der Waals surface area contributed by atoms with Crippen molar-refractivity contribution < 1.29 is 23.5 Å². The van der Waals surface area contributed by atoms with Gasteiger partial charge in [0.05, 0.1) is 18.6 Å². The number of amides is 2. The lowest BCUT2D eigenvalue weighted by Crippen LogP contribution is -2.73. The quantitative estimate of drug-likeness (QED) is 0.552. The van der Waals surface area contributed by atoms with Crippen LogP contribution >= 0.6 is 21.6 Å². The second kappa shape index (κ2) is 5.64. The molecule has 4 aliphatic rings. The fourth-order valence-electron chi connectivity index (χ4n) is 4.38. The minimum atomic E-state index is -1.18. The fraction of sp³-hybridized carbons (Fsp3) is 0.500. The van der Waals surface area contributed by atoms with Gasteiger partial charge in [-0.3, -0.25) is 14.4 Å². The van der Waals surface area contributed by atoms with E-state index in [9.17, 15) is 18.8 Å². The van der Waals surface area contributed by atoms with Crippen LogP contribution in [-0.2, 0) is 19.1 Å². The van der Waals surface area contributed by atoms with Crippen molar-refractivity contribution in [1.82, 2.24) is 9.80 Å². The van der Waals surface area contributed by atoms with E-state index in [1.54, 1.807) is 37.9 Å². The van der Waals surface area contributed by atoms with E-state index in [1.807, 2.05) is 0 Å². The van der Waals surface area contributed by atoms with Crippen LogP contribution < -0.4 is 0 Å². The van der Waals surface area contributed by atoms with Crippen molar-refractivity contribution in [2.75, 3.05) is 14.2 Å². The number of hydrogen-bond acceptors (Lipinski definition) is 6. The van der Waals surface area contributed by atoms with Gasteiger partial charge in [-0.2, -0.15) is 0 Å². The minimum absolute atomic E-state index is 0.136. The second-order valence-electron chi connectivity index (χ2n) is 7.51. The highest BCUT2D eigenvalue weighted by molar-refractivity contribution is 8.78. The molecule has 1 aromatic rings. The van der Waals surface area contributed by atoms with E-state index in [0.717, 1.165) is 0 Å². The first-order valence-corrected chi connectivity index (χ1v) is 10.6. The van der Waals surface area contributed by atoms with Crippen LogP contribution in [0, 0.1) is 11.2 Å². The van der Waals surface area contributed by atoms with E-state index < -0.39 is 33.0 Å². The summed E-state index contributed by atoms with van der Waals surface area (Å²) in [6.07, 6.45) is 0.136. The molecule has 4 atom stereocenters. The zero-order valence-electron chi connectivity index (χ0n) is 15.3. The molecule has 144 valence electrons. The summed E-state index contributed by atoms with van der Waals surface area (Å²) in [5, 5.41) is 0. The number of esters is 1. The normalized spacial score (nSPS) is 37.6. The summed E-state index contributed by atoms with van der Waals surface area (Å²) in [6, 6.07) is 4.99. The van der Waals surface area contributed by atoms with E-state index in [-0.39, 0.29) is 18.2 Å². The summed E-state index contributed by atoms with van der Waals surface area (Å²) in [4.78, 5) is 40.3. The predicted octanol–water partition coefficient (Wildman–Crippen LogP) is 2.56. The van der Waals surface area contributed by atoms with Gasteiger partial charge in [0.2, 0.25) is 0 Å². The van der Waals surface area contributed by atoms with Crippen molar-refractivity contribution >= 4 is 39.4 Å². The Hall–Kier alpha value is -1.74. The number of nitrogens with zero attached hydrogens (tertiary/aromatic N) is 2. The molecule has 1 aromatic carbocycles. The third-order valence-electron chi connectivity index (χ3n) is 5.93. The van der Waals surface area contributed by atoms with Gasteiger partial charge in [-0.15, -0.1) is 0 Å². The van der Waals surface area contributed by atoms with E-state index in [2.05, 4.69) is 0 Å². The number of hydrogen-bond donors (Lipinski definition) is 0. The molecule has 4 aliphatic heterocycles. The molecule has 0 aliphatic carbocycles. The van der Waals surface area contributed by atoms with Crippen LogP contribution in [0.5, 0.6) is 0 Å². The van der Waals surface area contributed by atoms with Crippen LogP contribution in [0.2, 0.25) is 0 Å².